The Morgan fingerprint density at radius 3 is 2.76 bits per heavy atom. The molecule has 2 fully saturated rings. The number of hydrogen-bond acceptors (Lipinski definition) is 6. The van der Waals surface area contributed by atoms with Crippen LogP contribution in [-0.2, 0) is 30.2 Å². The van der Waals surface area contributed by atoms with Crippen LogP contribution in [0.5, 0.6) is 0 Å². The highest BCUT2D eigenvalue weighted by Gasteiger charge is 2.53. The minimum atomic E-state index is -0.539. The Morgan fingerprint density at radius 1 is 1.16 bits per heavy atom. The molecule has 4 rings (SSSR count). The van der Waals surface area contributed by atoms with Crippen LogP contribution in [-0.4, -0.2) is 56.3 Å². The van der Waals surface area contributed by atoms with Crippen LogP contribution in [0.4, 0.5) is 4.39 Å². The summed E-state index contributed by atoms with van der Waals surface area (Å²) in [4.78, 5) is 29.0. The van der Waals surface area contributed by atoms with E-state index in [0.29, 0.717) is 18.9 Å². The smallest absolute Gasteiger partial charge is 0.330 e. The molecule has 37 heavy (non-hydrogen) atoms. The maximum absolute atomic E-state index is 14.2. The lowest BCUT2D eigenvalue weighted by atomic mass is 9.75. The van der Waals surface area contributed by atoms with Gasteiger partial charge in [-0.3, -0.25) is 4.79 Å². The summed E-state index contributed by atoms with van der Waals surface area (Å²) in [6.07, 6.45) is 12.5. The highest BCUT2D eigenvalue weighted by atomic mass is 19.1. The Bertz CT molecular complexity index is 1010. The minimum Gasteiger partial charge on any atom is -0.478 e. The van der Waals surface area contributed by atoms with E-state index in [1.807, 2.05) is 0 Å². The van der Waals surface area contributed by atoms with Gasteiger partial charge in [-0.05, 0) is 55.0 Å². The highest BCUT2D eigenvalue weighted by Crippen LogP contribution is 2.46. The number of carbonyl (C=O) groups is 2. The summed E-state index contributed by atoms with van der Waals surface area (Å²) in [5.41, 5.74) is 1.55. The van der Waals surface area contributed by atoms with Crippen molar-refractivity contribution in [3.8, 4) is 0 Å². The highest BCUT2D eigenvalue weighted by molar-refractivity contribution is 5.90. The number of halogens is 1. The van der Waals surface area contributed by atoms with Gasteiger partial charge in [-0.25, -0.2) is 14.2 Å². The predicted molar refractivity (Wildman–Crippen MR) is 140 cm³/mol. The van der Waals surface area contributed by atoms with Crippen molar-refractivity contribution >= 4 is 23.9 Å². The zero-order valence-electron chi connectivity index (χ0n) is 21.9. The zero-order chi connectivity index (χ0) is 26.2. The molecule has 202 valence electrons. The lowest BCUT2D eigenvalue weighted by Crippen LogP contribution is -2.35. The molecule has 1 N–H and O–H groups in total. The summed E-state index contributed by atoms with van der Waals surface area (Å²) in [5.74, 6) is -0.330. The van der Waals surface area contributed by atoms with E-state index in [4.69, 9.17) is 9.47 Å². The Labute approximate surface area is 218 Å². The molecule has 1 amide bonds. The number of rotatable bonds is 13. The van der Waals surface area contributed by atoms with E-state index >= 15 is 0 Å². The van der Waals surface area contributed by atoms with E-state index < -0.39 is 12.0 Å². The molecular formula is C29H39FN2O5. The molecule has 7 nitrogen and oxygen atoms in total. The van der Waals surface area contributed by atoms with Gasteiger partial charge < -0.3 is 19.5 Å². The molecule has 8 heteroatoms. The molecule has 3 unspecified atom stereocenters. The van der Waals surface area contributed by atoms with Gasteiger partial charge >= 0.3 is 5.97 Å². The van der Waals surface area contributed by atoms with Crippen molar-refractivity contribution in [3.05, 3.63) is 41.2 Å². The molecule has 0 radical (unpaired) electrons. The number of esters is 1. The van der Waals surface area contributed by atoms with Crippen molar-refractivity contribution in [1.29, 1.82) is 0 Å². The fourth-order valence-corrected chi connectivity index (χ4v) is 5.71. The molecule has 0 aliphatic carbocycles. The number of nitrogens with one attached hydrogen (secondary N) is 1. The van der Waals surface area contributed by atoms with Gasteiger partial charge in [-0.1, -0.05) is 45.1 Å². The quantitative estimate of drug-likeness (QED) is 0.236. The minimum absolute atomic E-state index is 0.0127. The summed E-state index contributed by atoms with van der Waals surface area (Å²) < 4.78 is 31.1. The first-order valence-electron chi connectivity index (χ1n) is 13.7. The number of benzene rings is 1. The molecule has 3 aliphatic rings. The third kappa shape index (κ3) is 6.98. The van der Waals surface area contributed by atoms with Gasteiger partial charge in [-0.15, -0.1) is 0 Å². The maximum Gasteiger partial charge on any atom is 0.330 e. The van der Waals surface area contributed by atoms with Gasteiger partial charge in [0.2, 0.25) is 5.91 Å². The van der Waals surface area contributed by atoms with Crippen LogP contribution in [0.25, 0.3) is 6.08 Å². The van der Waals surface area contributed by atoms with Crippen molar-refractivity contribution < 1.29 is 28.2 Å². The van der Waals surface area contributed by atoms with Crippen LogP contribution in [0.3, 0.4) is 0 Å². The van der Waals surface area contributed by atoms with Gasteiger partial charge in [0.15, 0.2) is 11.9 Å². The molecule has 0 spiro atoms. The lowest BCUT2D eigenvalue weighted by molar-refractivity contribution is -0.134. The van der Waals surface area contributed by atoms with Crippen LogP contribution in [0.15, 0.2) is 29.3 Å². The third-order valence-corrected chi connectivity index (χ3v) is 7.67. The van der Waals surface area contributed by atoms with Crippen molar-refractivity contribution in [2.24, 2.45) is 16.8 Å². The summed E-state index contributed by atoms with van der Waals surface area (Å²) >= 11 is 0. The first kappa shape index (κ1) is 27.3. The number of unbranched alkanes of at least 4 members (excludes halogenated alkanes) is 5. The number of methoxy groups -OCH3 is 1. The Balaban J connectivity index is 1.39. The fourth-order valence-electron chi connectivity index (χ4n) is 5.71. The average Bonchev–Trinajstić information content (AvgIpc) is 3.64. The normalized spacial score (nSPS) is 26.4. The third-order valence-electron chi connectivity index (χ3n) is 7.67. The van der Waals surface area contributed by atoms with Gasteiger partial charge in [0, 0.05) is 18.5 Å². The number of carbonyl (C=O) groups excluding carboxylic acids is 2. The van der Waals surface area contributed by atoms with Gasteiger partial charge in [0.1, 0.15) is 12.4 Å². The standard InChI is InChI=1S/C29H39FN2O5/c1-3-4-5-6-7-8-15-31-28(34)23-18-36-29(32-23)27-22(24-12-13-25(27)37-24)17-20-16-21(30)11-9-19(20)10-14-26(33)35-2/h9-11,14,16,22-25,27H,3-8,12-13,15,17-18H2,1-2H3,(H,31,34)/b14-10+/t22-,23?,24+,25?,27?/m0/s1. The number of nitrogens with zero attached hydrogens (tertiary/aromatic N) is 1. The molecule has 1 aromatic rings. The monoisotopic (exact) mass is 514 g/mol. The molecule has 2 saturated heterocycles. The largest absolute Gasteiger partial charge is 0.478 e. The molecule has 2 bridgehead atoms. The number of hydrogen-bond donors (Lipinski definition) is 1. The van der Waals surface area contributed by atoms with Crippen molar-refractivity contribution in [2.75, 3.05) is 20.3 Å². The molecule has 5 atom stereocenters. The molecule has 0 aromatic heterocycles. The maximum atomic E-state index is 14.2. The van der Waals surface area contributed by atoms with E-state index in [1.165, 1.54) is 51.0 Å². The summed E-state index contributed by atoms with van der Waals surface area (Å²) in [5, 5.41) is 3.01. The average molecular weight is 515 g/mol. The molecular weight excluding hydrogens is 475 g/mol. The molecule has 3 heterocycles. The molecule has 1 aromatic carbocycles. The van der Waals surface area contributed by atoms with E-state index in [2.05, 4.69) is 22.0 Å². The number of ether oxygens (including phenoxy) is 3. The van der Waals surface area contributed by atoms with E-state index in [1.54, 1.807) is 12.1 Å². The van der Waals surface area contributed by atoms with E-state index in [9.17, 15) is 14.0 Å². The molecule has 0 saturated carbocycles. The second kappa shape index (κ2) is 13.2. The van der Waals surface area contributed by atoms with Crippen LogP contribution < -0.4 is 5.32 Å². The van der Waals surface area contributed by atoms with E-state index in [-0.39, 0.29) is 42.4 Å². The SMILES string of the molecule is CCCCCCCCNC(=O)C1COC(C2C3CC[C@@H](O3)[C@@H]2Cc2cc(F)ccc2/C=C/C(=O)OC)=N1. The number of aliphatic imine (C=N–C) groups is 1. The summed E-state index contributed by atoms with van der Waals surface area (Å²) in [6, 6.07) is 4.02. The second-order valence-corrected chi connectivity index (χ2v) is 10.2. The van der Waals surface area contributed by atoms with Crippen LogP contribution in [0.2, 0.25) is 0 Å². The summed E-state index contributed by atoms with van der Waals surface area (Å²) in [6.45, 7) is 3.10. The predicted octanol–water partition coefficient (Wildman–Crippen LogP) is 4.62. The van der Waals surface area contributed by atoms with Crippen molar-refractivity contribution in [2.45, 2.75) is 83.0 Å². The fraction of sp³-hybridized carbons (Fsp3) is 0.621. The van der Waals surface area contributed by atoms with Crippen molar-refractivity contribution in [3.63, 3.8) is 0 Å². The van der Waals surface area contributed by atoms with E-state index in [0.717, 1.165) is 36.8 Å². The Morgan fingerprint density at radius 2 is 1.95 bits per heavy atom. The lowest BCUT2D eigenvalue weighted by Gasteiger charge is -2.28. The van der Waals surface area contributed by atoms with Crippen LogP contribution in [0.1, 0.15) is 69.4 Å². The second-order valence-electron chi connectivity index (χ2n) is 10.2. The first-order chi connectivity index (χ1) is 18.0. The van der Waals surface area contributed by atoms with Crippen molar-refractivity contribution in [1.82, 2.24) is 5.32 Å². The zero-order valence-corrected chi connectivity index (χ0v) is 21.9. The Kier molecular flexibility index (Phi) is 9.72. The number of amides is 1. The van der Waals surface area contributed by atoms with Gasteiger partial charge in [0.25, 0.3) is 0 Å². The summed E-state index contributed by atoms with van der Waals surface area (Å²) in [7, 11) is 1.32. The van der Waals surface area contributed by atoms with Crippen LogP contribution in [0, 0.1) is 17.7 Å². The van der Waals surface area contributed by atoms with Gasteiger partial charge in [0.05, 0.1) is 25.2 Å². The Hall–Kier alpha value is -2.74. The van der Waals surface area contributed by atoms with Crippen LogP contribution >= 0.6 is 0 Å². The molecule has 3 aliphatic heterocycles. The number of fused-ring (bicyclic) bond motifs is 2. The first-order valence-corrected chi connectivity index (χ1v) is 13.7. The van der Waals surface area contributed by atoms with Gasteiger partial charge in [-0.2, -0.15) is 0 Å². The topological polar surface area (TPSA) is 86.2 Å².